The fourth-order valence-corrected chi connectivity index (χ4v) is 2.61. The van der Waals surface area contributed by atoms with E-state index in [0.29, 0.717) is 6.42 Å². The van der Waals surface area contributed by atoms with Crippen molar-refractivity contribution < 1.29 is 5.11 Å². The lowest BCUT2D eigenvalue weighted by atomic mass is 9.87. The third-order valence-corrected chi connectivity index (χ3v) is 3.70. The number of aromatic nitrogens is 1. The number of benzene rings is 1. The summed E-state index contributed by atoms with van der Waals surface area (Å²) in [5, 5.41) is 14.9. The van der Waals surface area contributed by atoms with Crippen molar-refractivity contribution in [3.05, 3.63) is 42.1 Å². The lowest BCUT2D eigenvalue weighted by Gasteiger charge is -2.32. The molecule has 2 aromatic rings. The Morgan fingerprint density at radius 1 is 1.11 bits per heavy atom. The van der Waals surface area contributed by atoms with Crippen LogP contribution in [0.3, 0.4) is 0 Å². The highest BCUT2D eigenvalue weighted by Gasteiger charge is 2.29. The van der Waals surface area contributed by atoms with Crippen molar-refractivity contribution in [2.75, 3.05) is 13.1 Å². The summed E-state index contributed by atoms with van der Waals surface area (Å²) in [6.07, 6.45) is 2.27. The van der Waals surface area contributed by atoms with Crippen molar-refractivity contribution in [1.29, 1.82) is 0 Å². The topological polar surface area (TPSA) is 45.2 Å². The van der Waals surface area contributed by atoms with Gasteiger partial charge in [0.15, 0.2) is 0 Å². The molecular weight excluding hydrogens is 224 g/mol. The molecule has 0 radical (unpaired) electrons. The maximum absolute atomic E-state index is 10.5. The number of pyridine rings is 1. The summed E-state index contributed by atoms with van der Waals surface area (Å²) in [6, 6.07) is 12.2. The van der Waals surface area contributed by atoms with Crippen LogP contribution in [-0.2, 0) is 6.42 Å². The maximum Gasteiger partial charge on any atom is 0.0727 e. The standard InChI is InChI=1S/C15H18N2O/c18-15(7-9-16-10-8-15)11-13-6-5-12-3-1-2-4-14(12)17-13/h1-6,16,18H,7-11H2. The quantitative estimate of drug-likeness (QED) is 0.845. The van der Waals surface area contributed by atoms with Gasteiger partial charge in [-0.15, -0.1) is 0 Å². The maximum atomic E-state index is 10.5. The monoisotopic (exact) mass is 242 g/mol. The molecule has 2 heterocycles. The Hall–Kier alpha value is -1.45. The number of hydrogen-bond donors (Lipinski definition) is 2. The zero-order chi connectivity index (χ0) is 12.4. The molecular formula is C15H18N2O. The van der Waals surface area contributed by atoms with Crippen molar-refractivity contribution in [2.45, 2.75) is 24.9 Å². The molecule has 0 amide bonds. The summed E-state index contributed by atoms with van der Waals surface area (Å²) in [5.41, 5.74) is 1.41. The highest BCUT2D eigenvalue weighted by molar-refractivity contribution is 5.78. The van der Waals surface area contributed by atoms with Gasteiger partial charge in [0, 0.05) is 17.5 Å². The lowest BCUT2D eigenvalue weighted by molar-refractivity contribution is 0.0101. The highest BCUT2D eigenvalue weighted by atomic mass is 16.3. The second-order valence-corrected chi connectivity index (χ2v) is 5.15. The number of piperidine rings is 1. The van der Waals surface area contributed by atoms with Crippen molar-refractivity contribution in [3.8, 4) is 0 Å². The highest BCUT2D eigenvalue weighted by Crippen LogP contribution is 2.23. The Morgan fingerprint density at radius 2 is 1.89 bits per heavy atom. The molecule has 0 unspecified atom stereocenters. The number of para-hydroxylation sites is 1. The van der Waals surface area contributed by atoms with Gasteiger partial charge in [-0.1, -0.05) is 24.3 Å². The molecule has 3 nitrogen and oxygen atoms in total. The smallest absolute Gasteiger partial charge is 0.0727 e. The van der Waals surface area contributed by atoms with Gasteiger partial charge >= 0.3 is 0 Å². The first-order valence-corrected chi connectivity index (χ1v) is 6.53. The molecule has 1 saturated heterocycles. The van der Waals surface area contributed by atoms with E-state index in [0.717, 1.165) is 42.5 Å². The van der Waals surface area contributed by atoms with E-state index in [1.165, 1.54) is 0 Å². The first kappa shape index (κ1) is 11.6. The fourth-order valence-electron chi connectivity index (χ4n) is 2.61. The van der Waals surface area contributed by atoms with Gasteiger partial charge in [-0.05, 0) is 38.1 Å². The van der Waals surface area contributed by atoms with Crippen LogP contribution < -0.4 is 5.32 Å². The van der Waals surface area contributed by atoms with Gasteiger partial charge < -0.3 is 10.4 Å². The number of hydrogen-bond acceptors (Lipinski definition) is 3. The van der Waals surface area contributed by atoms with Gasteiger partial charge in [-0.2, -0.15) is 0 Å². The Balaban J connectivity index is 1.85. The molecule has 18 heavy (non-hydrogen) atoms. The molecule has 94 valence electrons. The minimum Gasteiger partial charge on any atom is -0.389 e. The molecule has 0 saturated carbocycles. The van der Waals surface area contributed by atoms with E-state index in [1.54, 1.807) is 0 Å². The molecule has 1 aliphatic rings. The first-order chi connectivity index (χ1) is 8.75. The van der Waals surface area contributed by atoms with Crippen LogP contribution in [-0.4, -0.2) is 28.8 Å². The van der Waals surface area contributed by atoms with Crippen molar-refractivity contribution in [2.24, 2.45) is 0 Å². The zero-order valence-corrected chi connectivity index (χ0v) is 10.4. The largest absolute Gasteiger partial charge is 0.389 e. The summed E-state index contributed by atoms with van der Waals surface area (Å²) in [7, 11) is 0. The van der Waals surface area contributed by atoms with Gasteiger partial charge in [0.05, 0.1) is 11.1 Å². The van der Waals surface area contributed by atoms with E-state index in [9.17, 15) is 5.11 Å². The molecule has 0 aliphatic carbocycles. The molecule has 0 spiro atoms. The van der Waals surface area contributed by atoms with Crippen LogP contribution in [0.15, 0.2) is 36.4 Å². The van der Waals surface area contributed by atoms with Crippen LogP contribution in [0.1, 0.15) is 18.5 Å². The SMILES string of the molecule is OC1(Cc2ccc3ccccc3n2)CCNCC1. The Morgan fingerprint density at radius 3 is 2.72 bits per heavy atom. The van der Waals surface area contributed by atoms with Crippen LogP contribution in [0.4, 0.5) is 0 Å². The Bertz CT molecular complexity index is 547. The number of aliphatic hydroxyl groups is 1. The van der Waals surface area contributed by atoms with Gasteiger partial charge in [0.25, 0.3) is 0 Å². The summed E-state index contributed by atoms with van der Waals surface area (Å²) >= 11 is 0. The molecule has 3 heteroatoms. The Kier molecular flexibility index (Phi) is 3.02. The van der Waals surface area contributed by atoms with E-state index in [2.05, 4.69) is 22.4 Å². The van der Waals surface area contributed by atoms with Gasteiger partial charge in [-0.3, -0.25) is 4.98 Å². The number of nitrogens with zero attached hydrogens (tertiary/aromatic N) is 1. The van der Waals surface area contributed by atoms with Crippen molar-refractivity contribution in [1.82, 2.24) is 10.3 Å². The molecule has 0 atom stereocenters. The second-order valence-electron chi connectivity index (χ2n) is 5.15. The summed E-state index contributed by atoms with van der Waals surface area (Å²) < 4.78 is 0. The normalized spacial score (nSPS) is 18.9. The molecule has 3 rings (SSSR count). The van der Waals surface area contributed by atoms with E-state index in [1.807, 2.05) is 24.3 Å². The van der Waals surface area contributed by atoms with Crippen LogP contribution in [0.5, 0.6) is 0 Å². The number of nitrogens with one attached hydrogen (secondary N) is 1. The van der Waals surface area contributed by atoms with Crippen molar-refractivity contribution >= 4 is 10.9 Å². The molecule has 0 bridgehead atoms. The number of fused-ring (bicyclic) bond motifs is 1. The molecule has 1 fully saturated rings. The number of rotatable bonds is 2. The third kappa shape index (κ3) is 2.37. The lowest BCUT2D eigenvalue weighted by Crippen LogP contribution is -2.43. The van der Waals surface area contributed by atoms with Gasteiger partial charge in [0.2, 0.25) is 0 Å². The van der Waals surface area contributed by atoms with Gasteiger partial charge in [0.1, 0.15) is 0 Å². The average Bonchev–Trinajstić information content (AvgIpc) is 2.39. The van der Waals surface area contributed by atoms with E-state index in [4.69, 9.17) is 0 Å². The second kappa shape index (κ2) is 4.67. The third-order valence-electron chi connectivity index (χ3n) is 3.70. The molecule has 1 aliphatic heterocycles. The molecule has 2 N–H and O–H groups in total. The zero-order valence-electron chi connectivity index (χ0n) is 10.4. The molecule has 1 aromatic carbocycles. The van der Waals surface area contributed by atoms with Crippen molar-refractivity contribution in [3.63, 3.8) is 0 Å². The van der Waals surface area contributed by atoms with E-state index < -0.39 is 5.60 Å². The minimum absolute atomic E-state index is 0.583. The first-order valence-electron chi connectivity index (χ1n) is 6.53. The predicted octanol–water partition coefficient (Wildman–Crippen LogP) is 1.89. The van der Waals surface area contributed by atoms with Crippen LogP contribution >= 0.6 is 0 Å². The summed E-state index contributed by atoms with van der Waals surface area (Å²) in [5.74, 6) is 0. The van der Waals surface area contributed by atoms with Crippen LogP contribution in [0.2, 0.25) is 0 Å². The summed E-state index contributed by atoms with van der Waals surface area (Å²) in [4.78, 5) is 4.63. The van der Waals surface area contributed by atoms with E-state index >= 15 is 0 Å². The summed E-state index contributed by atoms with van der Waals surface area (Å²) in [6.45, 7) is 1.79. The van der Waals surface area contributed by atoms with Gasteiger partial charge in [-0.25, -0.2) is 0 Å². The molecule has 1 aromatic heterocycles. The minimum atomic E-state index is -0.583. The van der Waals surface area contributed by atoms with Crippen LogP contribution in [0, 0.1) is 0 Å². The van der Waals surface area contributed by atoms with Crippen LogP contribution in [0.25, 0.3) is 10.9 Å². The van der Waals surface area contributed by atoms with E-state index in [-0.39, 0.29) is 0 Å². The fraction of sp³-hybridized carbons (Fsp3) is 0.400. The average molecular weight is 242 g/mol. The Labute approximate surface area is 107 Å². The predicted molar refractivity (Wildman–Crippen MR) is 72.5 cm³/mol.